The summed E-state index contributed by atoms with van der Waals surface area (Å²) in [5.41, 5.74) is 5.79. The number of aryl methyl sites for hydroxylation is 4. The first-order valence-electron chi connectivity index (χ1n) is 10.3. The highest BCUT2D eigenvalue weighted by atomic mass is 14.0. The largest absolute Gasteiger partial charge is 0.0617 e. The van der Waals surface area contributed by atoms with Crippen LogP contribution in [0.2, 0.25) is 0 Å². The molecule has 0 heteroatoms. The van der Waals surface area contributed by atoms with E-state index in [0.29, 0.717) is 0 Å². The summed E-state index contributed by atoms with van der Waals surface area (Å²) in [6.45, 7) is 4.37. The molecule has 25 heavy (non-hydrogen) atoms. The molecule has 0 amide bonds. The van der Waals surface area contributed by atoms with Gasteiger partial charge < -0.3 is 0 Å². The second-order valence-corrected chi connectivity index (χ2v) is 7.66. The first kappa shape index (κ1) is 19.8. The van der Waals surface area contributed by atoms with Crippen molar-refractivity contribution in [3.8, 4) is 0 Å². The molecule has 0 bridgehead atoms. The Morgan fingerprint density at radius 3 is 1.20 bits per heavy atom. The molecule has 2 aromatic rings. The number of hydrogen-bond acceptors (Lipinski definition) is 0. The molecule has 0 unspecified atom stereocenters. The highest BCUT2D eigenvalue weighted by Gasteiger charge is 1.97. The van der Waals surface area contributed by atoms with Gasteiger partial charge in [-0.2, -0.15) is 0 Å². The molecule has 0 fully saturated rings. The summed E-state index contributed by atoms with van der Waals surface area (Å²) in [5, 5.41) is 0. The lowest BCUT2D eigenvalue weighted by Crippen LogP contribution is -1.88. The number of hydrogen-bond donors (Lipinski definition) is 0. The zero-order valence-corrected chi connectivity index (χ0v) is 16.4. The molecule has 0 aliphatic rings. The van der Waals surface area contributed by atoms with Gasteiger partial charge in [0, 0.05) is 0 Å². The summed E-state index contributed by atoms with van der Waals surface area (Å²) in [7, 11) is 0. The lowest BCUT2D eigenvalue weighted by molar-refractivity contribution is 0.558. The van der Waals surface area contributed by atoms with E-state index in [-0.39, 0.29) is 0 Å². The maximum absolute atomic E-state index is 2.33. The zero-order valence-electron chi connectivity index (χ0n) is 16.4. The summed E-state index contributed by atoms with van der Waals surface area (Å²) < 4.78 is 0. The van der Waals surface area contributed by atoms with Gasteiger partial charge in [0.05, 0.1) is 0 Å². The molecule has 0 saturated carbocycles. The van der Waals surface area contributed by atoms with Crippen molar-refractivity contribution in [2.45, 2.75) is 84.5 Å². The van der Waals surface area contributed by atoms with Crippen LogP contribution >= 0.6 is 0 Å². The molecule has 2 aromatic carbocycles. The third-order valence-corrected chi connectivity index (χ3v) is 5.10. The average Bonchev–Trinajstić information content (AvgIpc) is 2.60. The smallest absolute Gasteiger partial charge is 0.0279 e. The first-order valence-corrected chi connectivity index (χ1v) is 10.3. The summed E-state index contributed by atoms with van der Waals surface area (Å²) in [5.74, 6) is 0. The van der Waals surface area contributed by atoms with Gasteiger partial charge in [-0.25, -0.2) is 0 Å². The summed E-state index contributed by atoms with van der Waals surface area (Å²) in [6, 6.07) is 17.9. The van der Waals surface area contributed by atoms with Crippen LogP contribution in [0.1, 0.15) is 80.0 Å². The van der Waals surface area contributed by atoms with Gasteiger partial charge in [0.15, 0.2) is 0 Å². The minimum absolute atomic E-state index is 1.25. The Bertz CT molecular complexity index is 543. The van der Waals surface area contributed by atoms with E-state index < -0.39 is 0 Å². The Kier molecular flexibility index (Phi) is 9.41. The van der Waals surface area contributed by atoms with Gasteiger partial charge in [-0.05, 0) is 50.7 Å². The van der Waals surface area contributed by atoms with Crippen molar-refractivity contribution < 1.29 is 0 Å². The van der Waals surface area contributed by atoms with E-state index in [4.69, 9.17) is 0 Å². The molecular formula is C25H36. The minimum Gasteiger partial charge on any atom is -0.0617 e. The molecule has 0 heterocycles. The van der Waals surface area contributed by atoms with Gasteiger partial charge in [-0.3, -0.25) is 0 Å². The molecule has 0 radical (unpaired) electrons. The maximum Gasteiger partial charge on any atom is -0.0279 e. The van der Waals surface area contributed by atoms with Gasteiger partial charge in [-0.15, -0.1) is 0 Å². The van der Waals surface area contributed by atoms with Crippen LogP contribution in [-0.2, 0) is 12.8 Å². The molecule has 136 valence electrons. The normalized spacial score (nSPS) is 11.0. The van der Waals surface area contributed by atoms with Crippen LogP contribution < -0.4 is 0 Å². The summed E-state index contributed by atoms with van der Waals surface area (Å²) >= 11 is 0. The van der Waals surface area contributed by atoms with Gasteiger partial charge in [0.1, 0.15) is 0 Å². The monoisotopic (exact) mass is 336 g/mol. The molecule has 0 spiro atoms. The van der Waals surface area contributed by atoms with Crippen LogP contribution in [0.5, 0.6) is 0 Å². The van der Waals surface area contributed by atoms with Crippen molar-refractivity contribution in [3.05, 3.63) is 70.8 Å². The third kappa shape index (κ3) is 8.91. The molecular weight excluding hydrogens is 300 g/mol. The number of benzene rings is 2. The van der Waals surface area contributed by atoms with Crippen molar-refractivity contribution in [1.82, 2.24) is 0 Å². The van der Waals surface area contributed by atoms with Crippen molar-refractivity contribution in [1.29, 1.82) is 0 Å². The number of rotatable bonds is 12. The third-order valence-electron chi connectivity index (χ3n) is 5.10. The van der Waals surface area contributed by atoms with E-state index in [0.717, 1.165) is 0 Å². The lowest BCUT2D eigenvalue weighted by atomic mass is 10.0. The van der Waals surface area contributed by atoms with Crippen LogP contribution in [-0.4, -0.2) is 0 Å². The minimum atomic E-state index is 1.25. The van der Waals surface area contributed by atoms with E-state index >= 15 is 0 Å². The standard InChI is InChI=1S/C25H36/c1-22-14-12-18-24(20-22)16-10-8-6-4-3-5-7-9-11-17-25-19-13-15-23(2)21-25/h12-15,18-21H,3-11,16-17H2,1-2H3. The second-order valence-electron chi connectivity index (χ2n) is 7.66. The fourth-order valence-electron chi connectivity index (χ4n) is 3.63. The predicted octanol–water partition coefficient (Wildman–Crippen LogP) is 7.60. The Morgan fingerprint density at radius 2 is 0.840 bits per heavy atom. The summed E-state index contributed by atoms with van der Waals surface area (Å²) in [4.78, 5) is 0. The van der Waals surface area contributed by atoms with E-state index in [2.05, 4.69) is 62.4 Å². The molecule has 0 saturated heterocycles. The van der Waals surface area contributed by atoms with Gasteiger partial charge >= 0.3 is 0 Å². The molecule has 0 nitrogen and oxygen atoms in total. The predicted molar refractivity (Wildman–Crippen MR) is 111 cm³/mol. The van der Waals surface area contributed by atoms with Crippen molar-refractivity contribution >= 4 is 0 Å². The van der Waals surface area contributed by atoms with Gasteiger partial charge in [-0.1, -0.05) is 105 Å². The maximum atomic E-state index is 2.33. The van der Waals surface area contributed by atoms with E-state index in [1.165, 1.54) is 92.9 Å². The summed E-state index contributed by atoms with van der Waals surface area (Å²) in [6.07, 6.45) is 15.1. The first-order chi connectivity index (χ1) is 12.2. The van der Waals surface area contributed by atoms with Crippen LogP contribution in [0.25, 0.3) is 0 Å². The molecule has 0 aromatic heterocycles. The van der Waals surface area contributed by atoms with Crippen LogP contribution in [0.3, 0.4) is 0 Å². The molecule has 0 atom stereocenters. The van der Waals surface area contributed by atoms with Crippen molar-refractivity contribution in [3.63, 3.8) is 0 Å². The zero-order chi connectivity index (χ0) is 17.7. The van der Waals surface area contributed by atoms with Gasteiger partial charge in [0.25, 0.3) is 0 Å². The molecule has 0 N–H and O–H groups in total. The fourth-order valence-corrected chi connectivity index (χ4v) is 3.63. The average molecular weight is 337 g/mol. The van der Waals surface area contributed by atoms with Crippen LogP contribution in [0.15, 0.2) is 48.5 Å². The van der Waals surface area contributed by atoms with E-state index in [9.17, 15) is 0 Å². The van der Waals surface area contributed by atoms with E-state index in [1.807, 2.05) is 0 Å². The van der Waals surface area contributed by atoms with E-state index in [1.54, 1.807) is 0 Å². The number of unbranched alkanes of at least 4 members (excludes halogenated alkanes) is 8. The van der Waals surface area contributed by atoms with Crippen LogP contribution in [0.4, 0.5) is 0 Å². The highest BCUT2D eigenvalue weighted by molar-refractivity contribution is 5.22. The Balaban J connectivity index is 1.38. The van der Waals surface area contributed by atoms with Crippen molar-refractivity contribution in [2.24, 2.45) is 0 Å². The topological polar surface area (TPSA) is 0 Å². The molecule has 0 aliphatic carbocycles. The quantitative estimate of drug-likeness (QED) is 0.350. The SMILES string of the molecule is Cc1cccc(CCCCCCCCCCCc2cccc(C)c2)c1. The second kappa shape index (κ2) is 11.9. The molecule has 2 rings (SSSR count). The molecule has 0 aliphatic heterocycles. The highest BCUT2D eigenvalue weighted by Crippen LogP contribution is 2.14. The van der Waals surface area contributed by atoms with Gasteiger partial charge in [0.2, 0.25) is 0 Å². The Morgan fingerprint density at radius 1 is 0.480 bits per heavy atom. The van der Waals surface area contributed by atoms with Crippen molar-refractivity contribution in [2.75, 3.05) is 0 Å². The van der Waals surface area contributed by atoms with Crippen LogP contribution in [0, 0.1) is 13.8 Å². The Labute approximate surface area is 155 Å². The lowest BCUT2D eigenvalue weighted by Gasteiger charge is -2.05. The Hall–Kier alpha value is -1.56. The fraction of sp³-hybridized carbons (Fsp3) is 0.520.